The van der Waals surface area contributed by atoms with Gasteiger partial charge in [0.2, 0.25) is 35.7 Å². The summed E-state index contributed by atoms with van der Waals surface area (Å²) in [6, 6.07) is 21.8. The molecule has 0 spiro atoms. The van der Waals surface area contributed by atoms with E-state index in [1.807, 2.05) is 90.9 Å². The number of nitrogens with zero attached hydrogens (tertiary/aromatic N) is 12. The van der Waals surface area contributed by atoms with E-state index in [0.29, 0.717) is 108 Å². The Kier molecular flexibility index (Phi) is 36.3. The number of methoxy groups -OCH3 is 7. The fourth-order valence-corrected chi connectivity index (χ4v) is 12.5. The third-order valence-electron chi connectivity index (χ3n) is 18.5. The number of nitrogens with two attached hydrogens (primary N) is 13. The third-order valence-corrected chi connectivity index (χ3v) is 19.5. The van der Waals surface area contributed by atoms with Gasteiger partial charge in [-0.3, -0.25) is 4.79 Å². The van der Waals surface area contributed by atoms with Crippen molar-refractivity contribution in [3.63, 3.8) is 0 Å². The summed E-state index contributed by atoms with van der Waals surface area (Å²) in [5.41, 5.74) is 81.2. The van der Waals surface area contributed by atoms with E-state index in [-0.39, 0.29) is 118 Å². The molecule has 688 valence electrons. The van der Waals surface area contributed by atoms with E-state index >= 15 is 0 Å². The molecule has 26 N–H and O–H groups in total. The van der Waals surface area contributed by atoms with Gasteiger partial charge in [-0.25, -0.2) is 29.9 Å². The maximum absolute atomic E-state index is 11.8. The minimum absolute atomic E-state index is 0.0677. The topological polar surface area (TPSA) is 630 Å². The number of halogens is 2. The highest BCUT2D eigenvalue weighted by molar-refractivity contribution is 9.10. The number of aryl methyl sites for hydroxylation is 1. The average molecular weight is 1860 g/mol. The molecule has 12 aromatic rings. The number of rotatable bonds is 26. The Morgan fingerprint density at radius 3 is 0.798 bits per heavy atom. The van der Waals surface area contributed by atoms with Gasteiger partial charge in [0.25, 0.3) is 0 Å². The molecule has 41 heteroatoms. The average Bonchev–Trinajstić information content (AvgIpc) is 0.808. The number of benzene rings is 6. The molecular formula is C88H113BrClN25O14. The largest absolute Gasteiger partial charge is 0.496 e. The molecule has 0 saturated carbocycles. The summed E-state index contributed by atoms with van der Waals surface area (Å²) in [6.07, 6.45) is 8.64. The van der Waals surface area contributed by atoms with Crippen molar-refractivity contribution < 1.29 is 66.4 Å². The number of Topliss-reactive ketones (excluding diaryl/α,β-unsaturated/α-hetero) is 1. The number of ketones is 1. The van der Waals surface area contributed by atoms with E-state index in [9.17, 15) is 4.79 Å². The van der Waals surface area contributed by atoms with E-state index in [1.54, 1.807) is 73.0 Å². The minimum atomic E-state index is -0.122. The lowest BCUT2D eigenvalue weighted by atomic mass is 9.98. The first-order valence-corrected chi connectivity index (χ1v) is 40.9. The number of carbonyl (C=O) groups is 1. The predicted octanol–water partition coefficient (Wildman–Crippen LogP) is 16.9. The van der Waals surface area contributed by atoms with Crippen LogP contribution in [0.3, 0.4) is 0 Å². The standard InChI is InChI=1S/C16H20N4O3.C15H20N4O3.C15H20N4O2.C14H17BrN4O2.C14H17ClN4O2.C14H19N5O2/c1-8(2)10-5-12(22-4)11(9(3)21)6-13(10)23-14-7-19-16(18)20-15(14)17;1-8(2)9-5-11(20-3)12(21-4)6-10(9)22-13-7-18-15(17)19-14(13)16;1-8(2)10-6-11(20-4)9(3)5-12(10)21-13-7-18-15(17)19-14(13)16;3*1-7(2)8-4-11(20-3)9(15)5-10(8)21-12-6-18-14(17)19-13(12)16/h5-8H,1-4H3,(H4,17,18,19,20);5-8H,1-4H3,(H4,16,17,18,19);5-8H,1-4H3,(H4,16,17,18,19);2*4-7H,1-3H3,(H4,16,17,18,19);4-7H,15H2,1-3H3,(H4,16,17,18,19). The smallest absolute Gasteiger partial charge is 0.222 e. The fourth-order valence-electron chi connectivity index (χ4n) is 11.8. The van der Waals surface area contributed by atoms with Crippen LogP contribution >= 0.6 is 27.5 Å². The van der Waals surface area contributed by atoms with E-state index in [1.165, 1.54) is 51.2 Å². The van der Waals surface area contributed by atoms with Crippen molar-refractivity contribution in [2.24, 2.45) is 0 Å². The molecule has 0 fully saturated rings. The second-order valence-corrected chi connectivity index (χ2v) is 31.1. The van der Waals surface area contributed by atoms with Gasteiger partial charge in [-0.05, 0) is 125 Å². The molecule has 6 aromatic carbocycles. The number of carbonyl (C=O) groups excluding carboxylic acids is 1. The minimum Gasteiger partial charge on any atom is -0.496 e. The highest BCUT2D eigenvalue weighted by Gasteiger charge is 2.25. The van der Waals surface area contributed by atoms with E-state index in [2.05, 4.69) is 117 Å². The van der Waals surface area contributed by atoms with E-state index < -0.39 is 0 Å². The SMILES string of the molecule is COc1cc(C(C)C)c(Oc2cnc(N)nc2N)cc1Br.COc1cc(C(C)C)c(Oc2cnc(N)nc2N)cc1C.COc1cc(C(C)C)c(Oc2cnc(N)nc2N)cc1C(C)=O.COc1cc(C(C)C)c(Oc2cnc(N)nc2N)cc1Cl.COc1cc(C(C)C)c(Oc2cnc(N)nc2N)cc1N.COc1cc(Oc2cnc(N)nc2N)c(C(C)C)cc1OC. The van der Waals surface area contributed by atoms with Gasteiger partial charge in [-0.15, -0.1) is 0 Å². The summed E-state index contributed by atoms with van der Waals surface area (Å²) in [4.78, 5) is 58.4. The molecule has 0 aliphatic rings. The Balaban J connectivity index is 0.000000212. The van der Waals surface area contributed by atoms with Crippen LogP contribution in [0.25, 0.3) is 0 Å². The highest BCUT2D eigenvalue weighted by Crippen LogP contribution is 2.46. The van der Waals surface area contributed by atoms with Gasteiger partial charge >= 0.3 is 0 Å². The number of ether oxygens (including phenoxy) is 13. The van der Waals surface area contributed by atoms with Crippen molar-refractivity contribution in [2.75, 3.05) is 124 Å². The van der Waals surface area contributed by atoms with E-state index in [0.717, 1.165) is 54.9 Å². The van der Waals surface area contributed by atoms with Crippen LogP contribution in [-0.2, 0) is 0 Å². The van der Waals surface area contributed by atoms with Crippen molar-refractivity contribution >= 4 is 110 Å². The zero-order chi connectivity index (χ0) is 95.7. The quantitative estimate of drug-likeness (QED) is 0.0177. The lowest BCUT2D eigenvalue weighted by Gasteiger charge is -2.17. The molecule has 0 saturated heterocycles. The lowest BCUT2D eigenvalue weighted by Crippen LogP contribution is -2.05. The summed E-state index contributed by atoms with van der Waals surface area (Å²) in [6.45, 7) is 28.0. The Morgan fingerprint density at radius 2 is 0.512 bits per heavy atom. The van der Waals surface area contributed by atoms with Gasteiger partial charge in [0.1, 0.15) is 63.2 Å². The lowest BCUT2D eigenvalue weighted by molar-refractivity contribution is 0.101. The highest BCUT2D eigenvalue weighted by atomic mass is 79.9. The Morgan fingerprint density at radius 1 is 0.279 bits per heavy atom. The van der Waals surface area contributed by atoms with E-state index in [4.69, 9.17) is 148 Å². The van der Waals surface area contributed by atoms with Crippen LogP contribution in [0.1, 0.15) is 175 Å². The summed E-state index contributed by atoms with van der Waals surface area (Å²) >= 11 is 9.60. The maximum Gasteiger partial charge on any atom is 0.222 e. The number of aromatic nitrogens is 12. The van der Waals surface area contributed by atoms with Gasteiger partial charge < -0.3 is 136 Å². The van der Waals surface area contributed by atoms with Gasteiger partial charge in [-0.2, -0.15) is 29.9 Å². The zero-order valence-corrected chi connectivity index (χ0v) is 78.0. The summed E-state index contributed by atoms with van der Waals surface area (Å²) in [7, 11) is 11.1. The van der Waals surface area contributed by atoms with Crippen molar-refractivity contribution in [3.05, 3.63) is 164 Å². The molecule has 0 amide bonds. The maximum atomic E-state index is 11.8. The van der Waals surface area contributed by atoms with Crippen LogP contribution in [0, 0.1) is 6.92 Å². The molecule has 12 rings (SSSR count). The van der Waals surface area contributed by atoms with Crippen LogP contribution in [-0.4, -0.2) is 115 Å². The fraction of sp³-hybridized carbons (Fsp3) is 0.307. The normalized spacial score (nSPS) is 10.7. The molecule has 0 radical (unpaired) electrons. The second-order valence-electron chi connectivity index (χ2n) is 29.8. The van der Waals surface area contributed by atoms with Gasteiger partial charge in [0, 0.05) is 51.6 Å². The second kappa shape index (κ2) is 46.3. The van der Waals surface area contributed by atoms with Crippen LogP contribution in [0.15, 0.2) is 114 Å². The molecule has 6 heterocycles. The number of hydrogen-bond donors (Lipinski definition) is 13. The molecule has 6 aromatic heterocycles. The molecule has 0 unspecified atom stereocenters. The Labute approximate surface area is 761 Å². The summed E-state index contributed by atoms with van der Waals surface area (Å²) in [5.74, 6) is 13.0. The Bertz CT molecular complexity index is 5420. The van der Waals surface area contributed by atoms with Crippen molar-refractivity contribution in [2.45, 2.75) is 132 Å². The molecule has 0 bridgehead atoms. The first-order chi connectivity index (χ1) is 61.0. The monoisotopic (exact) mass is 1860 g/mol. The first kappa shape index (κ1) is 101. The molecule has 129 heavy (non-hydrogen) atoms. The summed E-state index contributed by atoms with van der Waals surface area (Å²) < 4.78 is 72.9. The summed E-state index contributed by atoms with van der Waals surface area (Å²) in [5, 5.41) is 0.451. The molecule has 0 aliphatic carbocycles. The Hall–Kier alpha value is -15.0. The zero-order valence-electron chi connectivity index (χ0n) is 75.7. The van der Waals surface area contributed by atoms with Gasteiger partial charge in [0.15, 0.2) is 86.7 Å². The number of nitrogen functional groups attached to an aromatic ring is 13. The third kappa shape index (κ3) is 27.5. The number of hydrogen-bond acceptors (Lipinski definition) is 39. The number of anilines is 13. The molecule has 0 aliphatic heterocycles. The molecule has 0 atom stereocenters. The molecular weight excluding hydrogens is 1750 g/mol. The van der Waals surface area contributed by atoms with Crippen LogP contribution in [0.2, 0.25) is 5.02 Å². The van der Waals surface area contributed by atoms with Crippen molar-refractivity contribution in [3.8, 4) is 109 Å². The van der Waals surface area contributed by atoms with Gasteiger partial charge in [0.05, 0.1) is 108 Å². The van der Waals surface area contributed by atoms with Crippen LogP contribution < -0.4 is 136 Å². The predicted molar refractivity (Wildman–Crippen MR) is 506 cm³/mol. The first-order valence-electron chi connectivity index (χ1n) is 39.7. The van der Waals surface area contributed by atoms with Crippen LogP contribution in [0.5, 0.6) is 109 Å². The van der Waals surface area contributed by atoms with Crippen molar-refractivity contribution in [1.82, 2.24) is 59.8 Å². The van der Waals surface area contributed by atoms with Crippen LogP contribution in [0.4, 0.5) is 76.3 Å². The molecule has 39 nitrogen and oxygen atoms in total. The van der Waals surface area contributed by atoms with Gasteiger partial charge in [-0.1, -0.05) is 94.7 Å². The van der Waals surface area contributed by atoms with Crippen molar-refractivity contribution in [1.29, 1.82) is 0 Å².